The number of rotatable bonds is 7. The minimum absolute atomic E-state index is 0.00557. The van der Waals surface area contributed by atoms with Crippen LogP contribution in [0.4, 0.5) is 5.69 Å². The Kier molecular flexibility index (Phi) is 5.69. The third-order valence-electron chi connectivity index (χ3n) is 4.08. The Morgan fingerprint density at radius 3 is 1.96 bits per heavy atom. The van der Waals surface area contributed by atoms with Gasteiger partial charge >= 0.3 is 0 Å². The lowest BCUT2D eigenvalue weighted by Gasteiger charge is -2.22. The first-order chi connectivity index (χ1) is 13.1. The van der Waals surface area contributed by atoms with E-state index in [1.807, 2.05) is 12.1 Å². The summed E-state index contributed by atoms with van der Waals surface area (Å²) in [6.07, 6.45) is 0. The molecular formula is C20H18NO5P. The summed E-state index contributed by atoms with van der Waals surface area (Å²) in [5, 5.41) is 21.7. The molecular weight excluding hydrogens is 365 g/mol. The Labute approximate surface area is 156 Å². The van der Waals surface area contributed by atoms with Crippen LogP contribution in [0.3, 0.4) is 0 Å². The smallest absolute Gasteiger partial charge is 0.270 e. The van der Waals surface area contributed by atoms with Crippen molar-refractivity contribution in [2.24, 2.45) is 0 Å². The second-order valence-corrected chi connectivity index (χ2v) is 8.49. The molecule has 27 heavy (non-hydrogen) atoms. The fraction of sp³-hybridized carbons (Fsp3) is 0.100. The second-order valence-electron chi connectivity index (χ2n) is 5.76. The van der Waals surface area contributed by atoms with Crippen LogP contribution in [0.25, 0.3) is 0 Å². The molecule has 0 spiro atoms. The van der Waals surface area contributed by atoms with E-state index in [-0.39, 0.29) is 30.0 Å². The number of nitrogens with zero attached hydrogens (tertiary/aromatic N) is 1. The molecule has 0 saturated carbocycles. The van der Waals surface area contributed by atoms with Crippen molar-refractivity contribution in [3.63, 3.8) is 0 Å². The van der Waals surface area contributed by atoms with Crippen LogP contribution >= 0.6 is 7.14 Å². The van der Waals surface area contributed by atoms with E-state index in [9.17, 15) is 14.7 Å². The molecule has 0 amide bonds. The van der Waals surface area contributed by atoms with Crippen molar-refractivity contribution in [3.05, 3.63) is 89.0 Å². The highest BCUT2D eigenvalue weighted by Gasteiger charge is 2.34. The van der Waals surface area contributed by atoms with Crippen molar-refractivity contribution in [2.45, 2.75) is 0 Å². The van der Waals surface area contributed by atoms with Crippen LogP contribution in [0, 0.1) is 10.1 Å². The molecule has 3 rings (SSSR count). The van der Waals surface area contributed by atoms with Gasteiger partial charge in [-0.1, -0.05) is 60.7 Å². The average molecular weight is 383 g/mol. The summed E-state index contributed by atoms with van der Waals surface area (Å²) in [6, 6.07) is 21.7. The number of non-ortho nitro benzene ring substituents is 1. The molecule has 0 fully saturated rings. The zero-order valence-electron chi connectivity index (χ0n) is 14.4. The zero-order chi connectivity index (χ0) is 19.3. The van der Waals surface area contributed by atoms with Crippen LogP contribution in [-0.2, 0) is 4.57 Å². The molecule has 7 heteroatoms. The van der Waals surface area contributed by atoms with Gasteiger partial charge < -0.3 is 14.4 Å². The number of hydrogen-bond donors (Lipinski definition) is 1. The first-order valence-corrected chi connectivity index (χ1v) is 10.0. The predicted octanol–water partition coefficient (Wildman–Crippen LogP) is 2.61. The maximum absolute atomic E-state index is 14.4. The zero-order valence-corrected chi connectivity index (χ0v) is 15.3. The third-order valence-corrected chi connectivity index (χ3v) is 7.16. The van der Waals surface area contributed by atoms with Crippen molar-refractivity contribution < 1.29 is 19.3 Å². The predicted molar refractivity (Wildman–Crippen MR) is 105 cm³/mol. The number of nitro benzene ring substituents is 1. The second kappa shape index (κ2) is 8.16. The van der Waals surface area contributed by atoms with Crippen molar-refractivity contribution in [2.75, 3.05) is 13.2 Å². The highest BCUT2D eigenvalue weighted by molar-refractivity contribution is 7.85. The Morgan fingerprint density at radius 2 is 1.48 bits per heavy atom. The number of aliphatic hydroxyl groups is 1. The molecule has 0 atom stereocenters. The van der Waals surface area contributed by atoms with Gasteiger partial charge in [-0.3, -0.25) is 10.1 Å². The summed E-state index contributed by atoms with van der Waals surface area (Å²) in [6.45, 7) is -0.230. The molecule has 0 aliphatic carbocycles. The molecule has 0 saturated heterocycles. The van der Waals surface area contributed by atoms with Crippen LogP contribution in [0.15, 0.2) is 78.9 Å². The lowest BCUT2D eigenvalue weighted by molar-refractivity contribution is -0.384. The van der Waals surface area contributed by atoms with E-state index in [0.717, 1.165) is 0 Å². The van der Waals surface area contributed by atoms with E-state index in [4.69, 9.17) is 9.84 Å². The Bertz CT molecular complexity index is 933. The first kappa shape index (κ1) is 18.8. The summed E-state index contributed by atoms with van der Waals surface area (Å²) in [4.78, 5) is 10.8. The van der Waals surface area contributed by atoms with Gasteiger partial charge in [0.1, 0.15) is 12.4 Å². The van der Waals surface area contributed by atoms with Gasteiger partial charge in [-0.2, -0.15) is 0 Å². The number of hydrogen-bond acceptors (Lipinski definition) is 5. The number of benzene rings is 3. The fourth-order valence-corrected chi connectivity index (χ4v) is 5.65. The summed E-state index contributed by atoms with van der Waals surface area (Å²) in [7, 11) is -3.43. The highest BCUT2D eigenvalue weighted by Crippen LogP contribution is 2.45. The van der Waals surface area contributed by atoms with Crippen LogP contribution in [-0.4, -0.2) is 23.2 Å². The standard InChI is InChI=1S/C20H18NO5P/c22-13-14-26-19-12-11-16(21(23)24)15-20(19)27(25,17-7-3-1-4-8-17)18-9-5-2-6-10-18/h1-12,15,22H,13-14H2. The van der Waals surface area contributed by atoms with E-state index in [0.29, 0.717) is 10.6 Å². The fourth-order valence-electron chi connectivity index (χ4n) is 2.85. The van der Waals surface area contributed by atoms with Crippen molar-refractivity contribution in [3.8, 4) is 5.75 Å². The lowest BCUT2D eigenvalue weighted by Crippen LogP contribution is -2.27. The largest absolute Gasteiger partial charge is 0.490 e. The first-order valence-electron chi connectivity index (χ1n) is 8.31. The molecule has 0 aliphatic rings. The van der Waals surface area contributed by atoms with Gasteiger partial charge in [-0.25, -0.2) is 0 Å². The summed E-state index contributed by atoms with van der Waals surface area (Å²) >= 11 is 0. The van der Waals surface area contributed by atoms with Crippen LogP contribution in [0.5, 0.6) is 5.75 Å². The number of nitro groups is 1. The van der Waals surface area contributed by atoms with Gasteiger partial charge in [0.2, 0.25) is 0 Å². The molecule has 0 radical (unpaired) electrons. The molecule has 0 aromatic heterocycles. The number of aliphatic hydroxyl groups excluding tert-OH is 1. The van der Waals surface area contributed by atoms with Gasteiger partial charge in [0, 0.05) is 22.7 Å². The maximum Gasteiger partial charge on any atom is 0.270 e. The normalized spacial score (nSPS) is 11.1. The molecule has 3 aromatic rings. The van der Waals surface area contributed by atoms with Crippen LogP contribution < -0.4 is 20.7 Å². The Balaban J connectivity index is 2.31. The lowest BCUT2D eigenvalue weighted by atomic mass is 10.3. The molecule has 138 valence electrons. The van der Waals surface area contributed by atoms with Crippen LogP contribution in [0.1, 0.15) is 0 Å². The molecule has 6 nitrogen and oxygen atoms in total. The molecule has 0 bridgehead atoms. The minimum atomic E-state index is -3.43. The highest BCUT2D eigenvalue weighted by atomic mass is 31.2. The average Bonchev–Trinajstić information content (AvgIpc) is 2.72. The molecule has 0 heterocycles. The van der Waals surface area contributed by atoms with Crippen LogP contribution in [0.2, 0.25) is 0 Å². The summed E-state index contributed by atoms with van der Waals surface area (Å²) in [5.41, 5.74) is -0.173. The molecule has 0 aliphatic heterocycles. The van der Waals surface area contributed by atoms with Crippen molar-refractivity contribution >= 4 is 28.7 Å². The molecule has 1 N–H and O–H groups in total. The van der Waals surface area contributed by atoms with Crippen molar-refractivity contribution in [1.29, 1.82) is 0 Å². The third kappa shape index (κ3) is 3.77. The topological polar surface area (TPSA) is 89.7 Å². The molecule has 3 aromatic carbocycles. The van der Waals surface area contributed by atoms with Gasteiger partial charge in [-0.05, 0) is 6.07 Å². The van der Waals surface area contributed by atoms with Gasteiger partial charge in [0.15, 0.2) is 7.14 Å². The van der Waals surface area contributed by atoms with Gasteiger partial charge in [0.05, 0.1) is 16.8 Å². The van der Waals surface area contributed by atoms with E-state index in [2.05, 4.69) is 0 Å². The van der Waals surface area contributed by atoms with Crippen molar-refractivity contribution in [1.82, 2.24) is 0 Å². The summed E-state index contributed by atoms with van der Waals surface area (Å²) < 4.78 is 20.0. The quantitative estimate of drug-likeness (QED) is 0.385. The number of ether oxygens (including phenoxy) is 1. The van der Waals surface area contributed by atoms with E-state index in [1.165, 1.54) is 18.2 Å². The molecule has 0 unspecified atom stereocenters. The van der Waals surface area contributed by atoms with E-state index >= 15 is 0 Å². The maximum atomic E-state index is 14.4. The SMILES string of the molecule is O=[N+]([O-])c1ccc(OCCO)c(P(=O)(c2ccccc2)c2ccccc2)c1. The minimum Gasteiger partial charge on any atom is -0.490 e. The Morgan fingerprint density at radius 1 is 0.926 bits per heavy atom. The Hall–Kier alpha value is -2.95. The van der Waals surface area contributed by atoms with E-state index < -0.39 is 12.1 Å². The monoisotopic (exact) mass is 383 g/mol. The van der Waals surface area contributed by atoms with E-state index in [1.54, 1.807) is 48.5 Å². The van der Waals surface area contributed by atoms with Gasteiger partial charge in [0.25, 0.3) is 5.69 Å². The van der Waals surface area contributed by atoms with Gasteiger partial charge in [-0.15, -0.1) is 0 Å². The summed E-state index contributed by atoms with van der Waals surface area (Å²) in [5.74, 6) is 0.255.